The van der Waals surface area contributed by atoms with Gasteiger partial charge in [0.1, 0.15) is 0 Å². The summed E-state index contributed by atoms with van der Waals surface area (Å²) < 4.78 is 0. The van der Waals surface area contributed by atoms with Crippen LogP contribution in [0.5, 0.6) is 11.5 Å². The molecule has 0 saturated heterocycles. The molecule has 1 atom stereocenters. The predicted molar refractivity (Wildman–Crippen MR) is 49.4 cm³/mol. The smallest absolute Gasteiger partial charge is 0.157 e. The maximum absolute atomic E-state index is 9.25. The summed E-state index contributed by atoms with van der Waals surface area (Å²) in [7, 11) is 0. The Balaban J connectivity index is 2.24. The number of phenolic OH excluding ortho intramolecular Hbond substituents is 2. The van der Waals surface area contributed by atoms with Gasteiger partial charge in [0, 0.05) is 6.04 Å². The Morgan fingerprint density at radius 3 is 2.46 bits per heavy atom. The first-order chi connectivity index (χ1) is 6.18. The van der Waals surface area contributed by atoms with Crippen molar-refractivity contribution >= 4 is 0 Å². The summed E-state index contributed by atoms with van der Waals surface area (Å²) in [6.07, 6.45) is 2.34. The SMILES string of the molecule is NC(c1ccc(O)c(O)c1)C1CC1. The van der Waals surface area contributed by atoms with Crippen LogP contribution >= 0.6 is 0 Å². The van der Waals surface area contributed by atoms with Crippen LogP contribution in [0.25, 0.3) is 0 Å². The number of phenols is 2. The van der Waals surface area contributed by atoms with Crippen molar-refractivity contribution in [3.05, 3.63) is 23.8 Å². The summed E-state index contributed by atoms with van der Waals surface area (Å²) in [5, 5.41) is 18.3. The van der Waals surface area contributed by atoms with Crippen molar-refractivity contribution < 1.29 is 10.2 Å². The molecule has 0 radical (unpaired) electrons. The predicted octanol–water partition coefficient (Wildman–Crippen LogP) is 1.51. The van der Waals surface area contributed by atoms with Crippen LogP contribution in [0.3, 0.4) is 0 Å². The normalized spacial score (nSPS) is 18.5. The van der Waals surface area contributed by atoms with Gasteiger partial charge in [-0.15, -0.1) is 0 Å². The largest absolute Gasteiger partial charge is 0.504 e. The fourth-order valence-corrected chi connectivity index (χ4v) is 1.48. The standard InChI is InChI=1S/C10H13NO2/c11-10(6-1-2-6)7-3-4-8(12)9(13)5-7/h3-6,10,12-13H,1-2,11H2. The molecule has 1 aliphatic carbocycles. The first kappa shape index (κ1) is 8.38. The van der Waals surface area contributed by atoms with E-state index >= 15 is 0 Å². The van der Waals surface area contributed by atoms with Crippen molar-refractivity contribution in [2.45, 2.75) is 18.9 Å². The van der Waals surface area contributed by atoms with Gasteiger partial charge in [-0.05, 0) is 36.5 Å². The van der Waals surface area contributed by atoms with Crippen molar-refractivity contribution in [2.24, 2.45) is 11.7 Å². The van der Waals surface area contributed by atoms with Crippen LogP contribution in [0, 0.1) is 5.92 Å². The fourth-order valence-electron chi connectivity index (χ4n) is 1.48. The van der Waals surface area contributed by atoms with E-state index in [-0.39, 0.29) is 17.5 Å². The molecule has 0 amide bonds. The second kappa shape index (κ2) is 2.92. The Morgan fingerprint density at radius 2 is 1.92 bits per heavy atom. The van der Waals surface area contributed by atoms with E-state index < -0.39 is 0 Å². The molecule has 70 valence electrons. The van der Waals surface area contributed by atoms with E-state index in [1.54, 1.807) is 12.1 Å². The lowest BCUT2D eigenvalue weighted by Crippen LogP contribution is -2.11. The van der Waals surface area contributed by atoms with Crippen LogP contribution in [-0.2, 0) is 0 Å². The van der Waals surface area contributed by atoms with E-state index in [1.165, 1.54) is 18.9 Å². The lowest BCUT2D eigenvalue weighted by Gasteiger charge is -2.10. The summed E-state index contributed by atoms with van der Waals surface area (Å²) in [6.45, 7) is 0. The van der Waals surface area contributed by atoms with Gasteiger partial charge >= 0.3 is 0 Å². The Labute approximate surface area is 76.8 Å². The van der Waals surface area contributed by atoms with E-state index in [2.05, 4.69) is 0 Å². The third-order valence-corrected chi connectivity index (χ3v) is 2.51. The minimum absolute atomic E-state index is 0.00602. The average Bonchev–Trinajstić information content (AvgIpc) is 2.91. The fraction of sp³-hybridized carbons (Fsp3) is 0.400. The molecule has 13 heavy (non-hydrogen) atoms. The van der Waals surface area contributed by atoms with Crippen LogP contribution in [0.2, 0.25) is 0 Å². The summed E-state index contributed by atoms with van der Waals surface area (Å²) in [5.74, 6) is 0.379. The lowest BCUT2D eigenvalue weighted by molar-refractivity contribution is 0.402. The van der Waals surface area contributed by atoms with E-state index in [4.69, 9.17) is 10.8 Å². The van der Waals surface area contributed by atoms with Gasteiger partial charge in [0.15, 0.2) is 11.5 Å². The zero-order valence-corrected chi connectivity index (χ0v) is 7.27. The molecular formula is C10H13NO2. The number of aromatic hydroxyl groups is 2. The Bertz CT molecular complexity index is 321. The van der Waals surface area contributed by atoms with Crippen molar-refractivity contribution in [3.63, 3.8) is 0 Å². The second-order valence-electron chi connectivity index (χ2n) is 3.61. The van der Waals surface area contributed by atoms with Crippen LogP contribution in [0.1, 0.15) is 24.4 Å². The third kappa shape index (κ3) is 1.60. The molecule has 3 nitrogen and oxygen atoms in total. The van der Waals surface area contributed by atoms with Gasteiger partial charge in [-0.2, -0.15) is 0 Å². The highest BCUT2D eigenvalue weighted by Crippen LogP contribution is 2.40. The van der Waals surface area contributed by atoms with E-state index in [0.29, 0.717) is 5.92 Å². The minimum Gasteiger partial charge on any atom is -0.504 e. The molecule has 1 saturated carbocycles. The molecule has 3 heteroatoms. The van der Waals surface area contributed by atoms with Crippen molar-refractivity contribution in [1.29, 1.82) is 0 Å². The molecule has 1 fully saturated rings. The van der Waals surface area contributed by atoms with Gasteiger partial charge < -0.3 is 15.9 Å². The topological polar surface area (TPSA) is 66.5 Å². The Hall–Kier alpha value is -1.22. The van der Waals surface area contributed by atoms with Crippen LogP contribution in [0.4, 0.5) is 0 Å². The number of benzene rings is 1. The van der Waals surface area contributed by atoms with Gasteiger partial charge in [-0.1, -0.05) is 6.07 Å². The van der Waals surface area contributed by atoms with E-state index in [1.807, 2.05) is 0 Å². The highest BCUT2D eigenvalue weighted by molar-refractivity contribution is 5.41. The van der Waals surface area contributed by atoms with Gasteiger partial charge in [-0.3, -0.25) is 0 Å². The third-order valence-electron chi connectivity index (χ3n) is 2.51. The van der Waals surface area contributed by atoms with Crippen LogP contribution < -0.4 is 5.73 Å². The first-order valence-corrected chi connectivity index (χ1v) is 4.46. The molecule has 1 unspecified atom stereocenters. The molecule has 0 heterocycles. The quantitative estimate of drug-likeness (QED) is 0.603. The maximum Gasteiger partial charge on any atom is 0.157 e. The molecule has 1 aromatic rings. The van der Waals surface area contributed by atoms with E-state index in [0.717, 1.165) is 5.56 Å². The zero-order valence-electron chi connectivity index (χ0n) is 7.27. The average molecular weight is 179 g/mol. The highest BCUT2D eigenvalue weighted by atomic mass is 16.3. The van der Waals surface area contributed by atoms with Crippen molar-refractivity contribution in [2.75, 3.05) is 0 Å². The summed E-state index contributed by atoms with van der Waals surface area (Å²) in [4.78, 5) is 0. The molecule has 1 aromatic carbocycles. The van der Waals surface area contributed by atoms with Crippen LogP contribution in [0.15, 0.2) is 18.2 Å². The zero-order chi connectivity index (χ0) is 9.42. The molecule has 0 aliphatic heterocycles. The molecule has 0 spiro atoms. The molecule has 4 N–H and O–H groups in total. The second-order valence-corrected chi connectivity index (χ2v) is 3.61. The minimum atomic E-state index is -0.0910. The molecular weight excluding hydrogens is 166 g/mol. The van der Waals surface area contributed by atoms with Crippen molar-refractivity contribution in [3.8, 4) is 11.5 Å². The maximum atomic E-state index is 9.25. The number of rotatable bonds is 2. The van der Waals surface area contributed by atoms with Crippen LogP contribution in [-0.4, -0.2) is 10.2 Å². The molecule has 1 aliphatic rings. The lowest BCUT2D eigenvalue weighted by atomic mass is 10.0. The molecule has 0 bridgehead atoms. The first-order valence-electron chi connectivity index (χ1n) is 4.46. The van der Waals surface area contributed by atoms with Gasteiger partial charge in [-0.25, -0.2) is 0 Å². The van der Waals surface area contributed by atoms with Gasteiger partial charge in [0.2, 0.25) is 0 Å². The number of hydrogen-bond donors (Lipinski definition) is 3. The summed E-state index contributed by atoms with van der Waals surface area (Å²) in [5.41, 5.74) is 6.83. The number of hydrogen-bond acceptors (Lipinski definition) is 3. The Morgan fingerprint density at radius 1 is 1.23 bits per heavy atom. The summed E-state index contributed by atoms with van der Waals surface area (Å²) >= 11 is 0. The molecule has 2 rings (SSSR count). The summed E-state index contributed by atoms with van der Waals surface area (Å²) in [6, 6.07) is 4.79. The van der Waals surface area contributed by atoms with E-state index in [9.17, 15) is 5.11 Å². The van der Waals surface area contributed by atoms with Gasteiger partial charge in [0.25, 0.3) is 0 Å². The Kier molecular flexibility index (Phi) is 1.88. The van der Waals surface area contributed by atoms with Crippen molar-refractivity contribution in [1.82, 2.24) is 0 Å². The number of nitrogens with two attached hydrogens (primary N) is 1. The monoisotopic (exact) mass is 179 g/mol. The highest BCUT2D eigenvalue weighted by Gasteiger charge is 2.29. The molecule has 0 aromatic heterocycles. The van der Waals surface area contributed by atoms with Gasteiger partial charge in [0.05, 0.1) is 0 Å².